The van der Waals surface area contributed by atoms with Gasteiger partial charge in [-0.1, -0.05) is 80.1 Å². The Labute approximate surface area is 593 Å². The Hall–Kier alpha value is -10.1. The fourth-order valence-electron chi connectivity index (χ4n) is 14.4. The number of ether oxygens (including phenoxy) is 6. The van der Waals surface area contributed by atoms with Crippen molar-refractivity contribution in [3.63, 3.8) is 0 Å². The van der Waals surface area contributed by atoms with E-state index in [1.54, 1.807) is 6.92 Å². The second kappa shape index (κ2) is 34.6. The summed E-state index contributed by atoms with van der Waals surface area (Å²) in [6, 6.07) is 27.9. The molecule has 516 valence electrons. The number of H-pyrrole nitrogens is 2. The minimum absolute atomic E-state index is 0.0492. The molecule has 100 heavy (non-hydrogen) atoms. The topological polar surface area (TPSA) is 160 Å². The summed E-state index contributed by atoms with van der Waals surface area (Å²) in [5.41, 5.74) is 13.3. The molecule has 4 saturated heterocycles. The van der Waals surface area contributed by atoms with Crippen molar-refractivity contribution in [1.29, 1.82) is 0 Å². The molecule has 15 heteroatoms. The molecule has 6 aliphatic heterocycles. The van der Waals surface area contributed by atoms with Gasteiger partial charge in [0.05, 0.1) is 23.4 Å². The highest BCUT2D eigenvalue weighted by Crippen LogP contribution is 2.44. The number of terminal acetylenes is 1. The maximum Gasteiger partial charge on any atom is 0.236 e. The van der Waals surface area contributed by atoms with Gasteiger partial charge >= 0.3 is 0 Å². The van der Waals surface area contributed by atoms with Crippen LogP contribution in [0.25, 0.3) is 22.5 Å². The molecular weight excluding hydrogens is 1240 g/mol. The monoisotopic (exact) mass is 1340 g/mol. The lowest BCUT2D eigenvalue weighted by Crippen LogP contribution is -2.46. The summed E-state index contributed by atoms with van der Waals surface area (Å²) < 4.78 is 35.0. The largest absolute Gasteiger partial charge is 0.476 e. The molecule has 0 saturated carbocycles. The van der Waals surface area contributed by atoms with E-state index in [-0.39, 0.29) is 36.6 Å². The molecule has 0 spiro atoms. The lowest BCUT2D eigenvalue weighted by molar-refractivity contribution is -0.143. The van der Waals surface area contributed by atoms with Crippen molar-refractivity contribution < 1.29 is 33.2 Å². The van der Waals surface area contributed by atoms with Crippen molar-refractivity contribution in [3.05, 3.63) is 117 Å². The lowest BCUT2D eigenvalue weighted by atomic mass is 9.92. The molecule has 12 rings (SSSR count). The zero-order chi connectivity index (χ0) is 70.6. The average molecular weight is 1340 g/mol. The van der Waals surface area contributed by atoms with Crippen molar-refractivity contribution >= 4 is 5.91 Å². The molecule has 6 aromatic rings. The molecule has 2 aromatic heterocycles. The Morgan fingerprint density at radius 3 is 1.36 bits per heavy atom. The first-order valence-electron chi connectivity index (χ1n) is 35.1. The van der Waals surface area contributed by atoms with Crippen LogP contribution in [0.1, 0.15) is 156 Å². The van der Waals surface area contributed by atoms with Crippen molar-refractivity contribution in [3.8, 4) is 153 Å². The number of aromatic nitrogens is 4. The number of aryl methyl sites for hydroxylation is 4. The van der Waals surface area contributed by atoms with Crippen molar-refractivity contribution in [1.82, 2.24) is 40.8 Å². The predicted molar refractivity (Wildman–Crippen MR) is 395 cm³/mol. The van der Waals surface area contributed by atoms with Crippen LogP contribution in [0.15, 0.2) is 72.8 Å². The third kappa shape index (κ3) is 19.4. The number of nitrogens with zero attached hydrogens (tertiary/aromatic N) is 4. The summed E-state index contributed by atoms with van der Waals surface area (Å²) in [6.07, 6.45) is 16.7. The normalized spacial score (nSPS) is 17.4. The molecule has 0 unspecified atom stereocenters. The van der Waals surface area contributed by atoms with Crippen LogP contribution in [-0.2, 0) is 17.6 Å². The first-order chi connectivity index (χ1) is 48.4. The van der Waals surface area contributed by atoms with Crippen LogP contribution in [0.5, 0.6) is 34.8 Å². The van der Waals surface area contributed by atoms with Gasteiger partial charge in [-0.15, -0.1) is 16.6 Å². The van der Waals surface area contributed by atoms with E-state index in [9.17, 15) is 4.79 Å². The van der Waals surface area contributed by atoms with E-state index in [0.717, 1.165) is 140 Å². The van der Waals surface area contributed by atoms with Gasteiger partial charge in [-0.3, -0.25) is 19.9 Å². The number of fused-ring (bicyclic) bond motifs is 6. The van der Waals surface area contributed by atoms with Crippen LogP contribution in [0.2, 0.25) is 0 Å². The second-order valence-electron chi connectivity index (χ2n) is 28.4. The smallest absolute Gasteiger partial charge is 0.236 e. The lowest BCUT2D eigenvalue weighted by Gasteiger charge is -2.32. The number of hydrogen-bond acceptors (Lipinski definition) is 12. The molecule has 4 fully saturated rings. The summed E-state index contributed by atoms with van der Waals surface area (Å²) in [6.45, 7) is 29.3. The highest BCUT2D eigenvalue weighted by Gasteiger charge is 2.47. The number of aromatic amines is 2. The Bertz CT molecular complexity index is 4350. The molecule has 1 amide bonds. The van der Waals surface area contributed by atoms with Gasteiger partial charge in [0, 0.05) is 83.3 Å². The van der Waals surface area contributed by atoms with Crippen molar-refractivity contribution in [2.24, 2.45) is 10.8 Å². The van der Waals surface area contributed by atoms with E-state index in [1.807, 2.05) is 26.0 Å². The molecule has 2 atom stereocenters. The first kappa shape index (κ1) is 72.7. The summed E-state index contributed by atoms with van der Waals surface area (Å²) in [5, 5.41) is 23.4. The quantitative estimate of drug-likeness (QED) is 0.0356. The minimum Gasteiger partial charge on any atom is -0.476 e. The van der Waals surface area contributed by atoms with Crippen LogP contribution in [0.4, 0.5) is 0 Å². The summed E-state index contributed by atoms with van der Waals surface area (Å²) in [7, 11) is 0. The molecule has 4 bridgehead atoms. The highest BCUT2D eigenvalue weighted by atomic mass is 16.7. The Balaban J connectivity index is 0.000000177. The van der Waals surface area contributed by atoms with Gasteiger partial charge in [0.1, 0.15) is 6.61 Å². The zero-order valence-electron chi connectivity index (χ0n) is 60.1. The fourth-order valence-corrected chi connectivity index (χ4v) is 14.4. The van der Waals surface area contributed by atoms with Crippen LogP contribution in [0.3, 0.4) is 0 Å². The number of benzene rings is 4. The van der Waals surface area contributed by atoms with E-state index in [4.69, 9.17) is 39.9 Å². The van der Waals surface area contributed by atoms with E-state index < -0.39 is 5.41 Å². The van der Waals surface area contributed by atoms with Crippen LogP contribution in [-0.4, -0.2) is 120 Å². The Morgan fingerprint density at radius 2 is 0.940 bits per heavy atom. The van der Waals surface area contributed by atoms with Gasteiger partial charge in [0.2, 0.25) is 31.3 Å². The molecule has 8 heterocycles. The molecule has 4 N–H and O–H groups in total. The van der Waals surface area contributed by atoms with Crippen molar-refractivity contribution in [2.45, 2.75) is 176 Å². The van der Waals surface area contributed by atoms with Crippen LogP contribution >= 0.6 is 0 Å². The minimum atomic E-state index is -0.631. The number of hydrogen-bond donors (Lipinski definition) is 4. The third-order valence-corrected chi connectivity index (χ3v) is 19.1. The predicted octanol–water partition coefficient (Wildman–Crippen LogP) is 13.0. The number of nitrogens with one attached hydrogen (secondary N) is 4. The molecule has 6 aliphatic rings. The number of carbonyl (C=O) groups is 1. The molecule has 0 radical (unpaired) electrons. The third-order valence-electron chi connectivity index (χ3n) is 19.1. The first-order valence-corrected chi connectivity index (χ1v) is 35.1. The van der Waals surface area contributed by atoms with Crippen molar-refractivity contribution in [2.75, 3.05) is 59.5 Å². The standard InChI is InChI=1S/C34H44N4O4.C34H46N4O3.C17H4/c1-21-14-22(2)16-25(15-21)31-30(23(3)18-35-13-12-24-6-11-28-29(17-24)42-20-41-28)32(37-36-31)40-19-34(4,5)33(39)38-26-7-8-27(38)10-9-26;1-22-14-23(2)16-26(15-22)32-31(24(3)18-35-13-12-25-6-11-29-30(17-25)41-21-40-29)33(37-36-32)39-20-34(4,5)19-38-27-7-8-28(38)10-9-27;1-3-5-7-9-11-13-15-17-16-14-12-10-8-6-4-2/h6,11,14-17,23,26-27,35H,7-10,12-13,18-20H2,1-5H3,(H,36,37);6,11,14-17,24,27-28,35H,7-10,12-13,18-21H2,1-5H3,(H,36,37);1H,2H3/t23-,26?,27?;24-,27?,28?;/m11./s1. The summed E-state index contributed by atoms with van der Waals surface area (Å²) in [5.74, 6) is 42.1. The zero-order valence-corrected chi connectivity index (χ0v) is 60.1. The average Bonchev–Trinajstić information content (AvgIpc) is 1.63. The molecular formula is C85H94N8O7. The van der Waals surface area contributed by atoms with Gasteiger partial charge in [0.25, 0.3) is 0 Å². The molecule has 15 nitrogen and oxygen atoms in total. The maximum atomic E-state index is 13.6. The number of amides is 1. The SMILES string of the molecule is C#CC#CC#CC#CC#CC#CC#CC#CC.Cc1cc(C)cc(-c2[nH]nc(OCC(C)(C)C(=O)N3C4CCC3CC4)c2[C@H](C)CNCCc2ccc3c(c2)OCO3)c1.Cc1cc(C)cc(-c2[nH]nc(OCC(C)(C)CN3C4CCC3CC4)c2[C@H](C)CNCCc2ccc3c(c2)OCO3)c1. The van der Waals surface area contributed by atoms with Crippen LogP contribution in [0, 0.1) is 134 Å². The van der Waals surface area contributed by atoms with E-state index in [0.29, 0.717) is 31.4 Å². The van der Waals surface area contributed by atoms with Gasteiger partial charge in [-0.05, 0) is 268 Å². The second-order valence-corrected chi connectivity index (χ2v) is 28.4. The summed E-state index contributed by atoms with van der Waals surface area (Å²) >= 11 is 0. The van der Waals surface area contributed by atoms with Crippen LogP contribution < -0.4 is 39.1 Å². The van der Waals surface area contributed by atoms with Gasteiger partial charge in [0.15, 0.2) is 23.0 Å². The van der Waals surface area contributed by atoms with E-state index in [2.05, 4.69) is 241 Å². The van der Waals surface area contributed by atoms with E-state index in [1.165, 1.54) is 64.6 Å². The maximum absolute atomic E-state index is 13.6. The van der Waals surface area contributed by atoms with Gasteiger partial charge < -0.3 is 44.0 Å². The number of carbonyl (C=O) groups excluding carboxylic acids is 1. The molecule has 0 aliphatic carbocycles. The summed E-state index contributed by atoms with van der Waals surface area (Å²) in [4.78, 5) is 18.5. The van der Waals surface area contributed by atoms with E-state index >= 15 is 0 Å². The Morgan fingerprint density at radius 1 is 0.550 bits per heavy atom. The Kier molecular flexibility index (Phi) is 25.2. The van der Waals surface area contributed by atoms with Gasteiger partial charge in [-0.25, -0.2) is 0 Å². The highest BCUT2D eigenvalue weighted by molar-refractivity contribution is 5.83. The fraction of sp³-hybridized carbons (Fsp3) is 0.447. The van der Waals surface area contributed by atoms with Gasteiger partial charge in [-0.2, -0.15) is 0 Å². The number of rotatable bonds is 23. The molecule has 4 aromatic carbocycles.